The van der Waals surface area contributed by atoms with Gasteiger partial charge < -0.3 is 14.4 Å². The monoisotopic (exact) mass is 333 g/mol. The number of rotatable bonds is 6. The van der Waals surface area contributed by atoms with Gasteiger partial charge in [0.25, 0.3) is 5.91 Å². The number of amides is 1. The van der Waals surface area contributed by atoms with Crippen molar-refractivity contribution < 1.29 is 14.3 Å². The lowest BCUT2D eigenvalue weighted by molar-refractivity contribution is -0.137. The van der Waals surface area contributed by atoms with Crippen LogP contribution in [0, 0.1) is 0 Å². The Hall–Kier alpha value is -2.20. The Morgan fingerprint density at radius 1 is 1.17 bits per heavy atom. The number of methoxy groups -OCH3 is 1. The number of ether oxygens (including phenoxy) is 2. The molecule has 0 aromatic heterocycles. The summed E-state index contributed by atoms with van der Waals surface area (Å²) in [6, 6.07) is 14.6. The predicted molar refractivity (Wildman–Crippen MR) is 91.0 cm³/mol. The molecule has 2 aromatic carbocycles. The molecule has 0 radical (unpaired) electrons. The SMILES string of the molecule is COc1ccc(OC(C)C(=O)N(C)Cc2cccc(Cl)c2)cc1. The zero-order chi connectivity index (χ0) is 16.8. The van der Waals surface area contributed by atoms with E-state index in [2.05, 4.69) is 0 Å². The standard InChI is InChI=1S/C18H20ClNO3/c1-13(23-17-9-7-16(22-3)8-10-17)18(21)20(2)12-14-5-4-6-15(19)11-14/h4-11,13H,12H2,1-3H3. The Morgan fingerprint density at radius 3 is 2.43 bits per heavy atom. The number of likely N-dealkylation sites (N-methyl/N-ethyl adjacent to an activating group) is 1. The van der Waals surface area contributed by atoms with Crippen molar-refractivity contribution >= 4 is 17.5 Å². The van der Waals surface area contributed by atoms with Crippen molar-refractivity contribution in [1.29, 1.82) is 0 Å². The first-order valence-electron chi connectivity index (χ1n) is 7.29. The second-order valence-corrected chi connectivity index (χ2v) is 5.70. The molecule has 0 aliphatic rings. The van der Waals surface area contributed by atoms with E-state index in [4.69, 9.17) is 21.1 Å². The molecule has 0 aliphatic heterocycles. The number of benzene rings is 2. The second kappa shape index (κ2) is 7.88. The van der Waals surface area contributed by atoms with E-state index in [0.717, 1.165) is 11.3 Å². The van der Waals surface area contributed by atoms with Gasteiger partial charge >= 0.3 is 0 Å². The molecule has 4 nitrogen and oxygen atoms in total. The Kier molecular flexibility index (Phi) is 5.88. The van der Waals surface area contributed by atoms with Crippen LogP contribution in [0.2, 0.25) is 5.02 Å². The molecular weight excluding hydrogens is 314 g/mol. The lowest BCUT2D eigenvalue weighted by Gasteiger charge is -2.22. The molecule has 122 valence electrons. The van der Waals surface area contributed by atoms with Crippen molar-refractivity contribution in [3.63, 3.8) is 0 Å². The van der Waals surface area contributed by atoms with Gasteiger partial charge in [-0.25, -0.2) is 0 Å². The van der Waals surface area contributed by atoms with Gasteiger partial charge in [-0.1, -0.05) is 23.7 Å². The van der Waals surface area contributed by atoms with Crippen LogP contribution in [0.5, 0.6) is 11.5 Å². The van der Waals surface area contributed by atoms with Crippen LogP contribution in [0.1, 0.15) is 12.5 Å². The average Bonchev–Trinajstić information content (AvgIpc) is 2.54. The van der Waals surface area contributed by atoms with E-state index < -0.39 is 6.10 Å². The van der Waals surface area contributed by atoms with Gasteiger partial charge in [-0.15, -0.1) is 0 Å². The van der Waals surface area contributed by atoms with Gasteiger partial charge in [0, 0.05) is 18.6 Å². The molecule has 2 aromatic rings. The van der Waals surface area contributed by atoms with Crippen LogP contribution in [0.25, 0.3) is 0 Å². The smallest absolute Gasteiger partial charge is 0.263 e. The van der Waals surface area contributed by atoms with Crippen LogP contribution in [0.4, 0.5) is 0 Å². The van der Waals surface area contributed by atoms with Gasteiger partial charge in [0.1, 0.15) is 11.5 Å². The highest BCUT2D eigenvalue weighted by molar-refractivity contribution is 6.30. The molecule has 1 unspecified atom stereocenters. The van der Waals surface area contributed by atoms with Crippen molar-refractivity contribution in [2.45, 2.75) is 19.6 Å². The van der Waals surface area contributed by atoms with Crippen molar-refractivity contribution in [3.8, 4) is 11.5 Å². The molecule has 23 heavy (non-hydrogen) atoms. The van der Waals surface area contributed by atoms with Gasteiger partial charge in [-0.2, -0.15) is 0 Å². The molecule has 1 amide bonds. The van der Waals surface area contributed by atoms with E-state index in [9.17, 15) is 4.79 Å². The van der Waals surface area contributed by atoms with Gasteiger partial charge in [-0.05, 0) is 48.9 Å². The van der Waals surface area contributed by atoms with Crippen LogP contribution in [-0.2, 0) is 11.3 Å². The number of carbonyl (C=O) groups is 1. The highest BCUT2D eigenvalue weighted by atomic mass is 35.5. The summed E-state index contributed by atoms with van der Waals surface area (Å²) >= 11 is 5.96. The van der Waals surface area contributed by atoms with Gasteiger partial charge in [0.05, 0.1) is 7.11 Å². The molecule has 0 spiro atoms. The topological polar surface area (TPSA) is 38.8 Å². The predicted octanol–water partition coefficient (Wildman–Crippen LogP) is 3.77. The summed E-state index contributed by atoms with van der Waals surface area (Å²) in [5, 5.41) is 0.658. The minimum absolute atomic E-state index is 0.0965. The Bertz CT molecular complexity index is 658. The summed E-state index contributed by atoms with van der Waals surface area (Å²) in [6.07, 6.45) is -0.576. The molecule has 5 heteroatoms. The Labute approximate surface area is 141 Å². The lowest BCUT2D eigenvalue weighted by atomic mass is 10.2. The molecule has 0 bridgehead atoms. The Balaban J connectivity index is 1.95. The van der Waals surface area contributed by atoms with Crippen LogP contribution in [0.15, 0.2) is 48.5 Å². The van der Waals surface area contributed by atoms with E-state index >= 15 is 0 Å². The van der Waals surface area contributed by atoms with Crippen LogP contribution < -0.4 is 9.47 Å². The summed E-state index contributed by atoms with van der Waals surface area (Å²) in [5.74, 6) is 1.28. The van der Waals surface area contributed by atoms with Crippen LogP contribution >= 0.6 is 11.6 Å². The number of carbonyl (C=O) groups excluding carboxylic acids is 1. The van der Waals surface area contributed by atoms with Crippen molar-refractivity contribution in [2.75, 3.05) is 14.2 Å². The van der Waals surface area contributed by atoms with Gasteiger partial charge in [0.2, 0.25) is 0 Å². The molecule has 1 atom stereocenters. The maximum absolute atomic E-state index is 12.4. The number of nitrogens with zero attached hydrogens (tertiary/aromatic N) is 1. The molecule has 0 aliphatic carbocycles. The fourth-order valence-electron chi connectivity index (χ4n) is 2.21. The maximum atomic E-state index is 12.4. The molecule has 0 N–H and O–H groups in total. The molecule has 0 fully saturated rings. The van der Waals surface area contributed by atoms with Gasteiger partial charge in [-0.3, -0.25) is 4.79 Å². The lowest BCUT2D eigenvalue weighted by Crippen LogP contribution is -2.37. The van der Waals surface area contributed by atoms with E-state index in [1.165, 1.54) is 0 Å². The van der Waals surface area contributed by atoms with Crippen LogP contribution in [0.3, 0.4) is 0 Å². The molecule has 2 rings (SSSR count). The zero-order valence-corrected chi connectivity index (χ0v) is 14.2. The molecule has 0 saturated heterocycles. The highest BCUT2D eigenvalue weighted by Crippen LogP contribution is 2.19. The van der Waals surface area contributed by atoms with Crippen LogP contribution in [-0.4, -0.2) is 31.1 Å². The largest absolute Gasteiger partial charge is 0.497 e. The number of hydrogen-bond acceptors (Lipinski definition) is 3. The fourth-order valence-corrected chi connectivity index (χ4v) is 2.42. The third kappa shape index (κ3) is 4.89. The molecule has 0 saturated carbocycles. The first-order valence-corrected chi connectivity index (χ1v) is 7.67. The minimum atomic E-state index is -0.576. The summed E-state index contributed by atoms with van der Waals surface area (Å²) in [5.41, 5.74) is 0.977. The van der Waals surface area contributed by atoms with Crippen molar-refractivity contribution in [3.05, 3.63) is 59.1 Å². The second-order valence-electron chi connectivity index (χ2n) is 5.26. The van der Waals surface area contributed by atoms with Crippen molar-refractivity contribution in [2.24, 2.45) is 0 Å². The number of hydrogen-bond donors (Lipinski definition) is 0. The fraction of sp³-hybridized carbons (Fsp3) is 0.278. The molecular formula is C18H20ClNO3. The number of halogens is 1. The van der Waals surface area contributed by atoms with Crippen molar-refractivity contribution in [1.82, 2.24) is 4.90 Å². The first kappa shape index (κ1) is 17.2. The summed E-state index contributed by atoms with van der Waals surface area (Å²) in [6.45, 7) is 2.22. The van der Waals surface area contributed by atoms with E-state index in [0.29, 0.717) is 17.3 Å². The third-order valence-corrected chi connectivity index (χ3v) is 3.64. The Morgan fingerprint density at radius 2 is 1.83 bits per heavy atom. The summed E-state index contributed by atoms with van der Waals surface area (Å²) < 4.78 is 10.8. The first-order chi connectivity index (χ1) is 11.0. The van der Waals surface area contributed by atoms with E-state index in [-0.39, 0.29) is 5.91 Å². The zero-order valence-electron chi connectivity index (χ0n) is 13.5. The van der Waals surface area contributed by atoms with Gasteiger partial charge in [0.15, 0.2) is 6.10 Å². The normalized spacial score (nSPS) is 11.7. The quantitative estimate of drug-likeness (QED) is 0.807. The van der Waals surface area contributed by atoms with E-state index in [1.807, 2.05) is 24.3 Å². The minimum Gasteiger partial charge on any atom is -0.497 e. The third-order valence-electron chi connectivity index (χ3n) is 3.41. The maximum Gasteiger partial charge on any atom is 0.263 e. The van der Waals surface area contributed by atoms with E-state index in [1.54, 1.807) is 50.2 Å². The average molecular weight is 334 g/mol. The summed E-state index contributed by atoms with van der Waals surface area (Å²) in [7, 11) is 3.35. The summed E-state index contributed by atoms with van der Waals surface area (Å²) in [4.78, 5) is 14.0. The highest BCUT2D eigenvalue weighted by Gasteiger charge is 2.19. The molecule has 0 heterocycles.